The van der Waals surface area contributed by atoms with Gasteiger partial charge in [0.2, 0.25) is 11.8 Å². The molecule has 0 aliphatic carbocycles. The van der Waals surface area contributed by atoms with Crippen molar-refractivity contribution >= 4 is 17.5 Å². The van der Waals surface area contributed by atoms with E-state index in [1.807, 2.05) is 24.3 Å². The molecule has 1 N–H and O–H groups in total. The van der Waals surface area contributed by atoms with E-state index in [1.54, 1.807) is 62.4 Å². The quantitative estimate of drug-likeness (QED) is 0.717. The summed E-state index contributed by atoms with van der Waals surface area (Å²) in [5, 5.41) is 2.80. The Balaban J connectivity index is 1.82. The Kier molecular flexibility index (Phi) is 7.83. The minimum atomic E-state index is -0.187. The Morgan fingerprint density at radius 3 is 2.25 bits per heavy atom. The molecular weight excluding hydrogens is 358 g/mol. The Morgan fingerprint density at radius 1 is 0.929 bits per heavy atom. The maximum atomic E-state index is 12.5. The highest BCUT2D eigenvalue weighted by Crippen LogP contribution is 2.19. The van der Waals surface area contributed by atoms with Crippen LogP contribution >= 0.6 is 0 Å². The van der Waals surface area contributed by atoms with E-state index in [0.717, 1.165) is 17.1 Å². The first kappa shape index (κ1) is 21.2. The molecule has 0 bridgehead atoms. The molecule has 0 saturated carbocycles. The molecule has 7 nitrogen and oxygen atoms in total. The number of rotatable bonds is 9. The van der Waals surface area contributed by atoms with E-state index in [1.165, 1.54) is 0 Å². The molecule has 0 aliphatic heterocycles. The van der Waals surface area contributed by atoms with Gasteiger partial charge in [-0.2, -0.15) is 0 Å². The standard InChI is InChI=1S/C21H27N3O4/c1-23(14-20(25)22-17-9-11-18(27-3)12-10-17)15-21(26)24(2)13-16-7-5-6-8-19(16)28-4/h5-12H,13-15H2,1-4H3,(H,22,25). The van der Waals surface area contributed by atoms with Crippen molar-refractivity contribution in [3.8, 4) is 11.5 Å². The zero-order valence-corrected chi connectivity index (χ0v) is 16.8. The SMILES string of the molecule is COc1ccc(NC(=O)CN(C)CC(=O)N(C)Cc2ccccc2OC)cc1. The number of carbonyl (C=O) groups excluding carboxylic acids is 2. The lowest BCUT2D eigenvalue weighted by atomic mass is 10.2. The molecule has 0 fully saturated rings. The Labute approximate surface area is 165 Å². The van der Waals surface area contributed by atoms with Crippen LogP contribution in [0.4, 0.5) is 5.69 Å². The average Bonchev–Trinajstić information content (AvgIpc) is 2.68. The zero-order valence-electron chi connectivity index (χ0n) is 16.8. The van der Waals surface area contributed by atoms with Crippen molar-refractivity contribution in [2.24, 2.45) is 0 Å². The maximum Gasteiger partial charge on any atom is 0.238 e. The van der Waals surface area contributed by atoms with Crippen molar-refractivity contribution in [1.82, 2.24) is 9.80 Å². The highest BCUT2D eigenvalue weighted by Gasteiger charge is 2.16. The molecule has 0 heterocycles. The van der Waals surface area contributed by atoms with Gasteiger partial charge in [-0.15, -0.1) is 0 Å². The van der Waals surface area contributed by atoms with Crippen LogP contribution in [0.25, 0.3) is 0 Å². The molecule has 2 rings (SSSR count). The molecule has 0 radical (unpaired) electrons. The zero-order chi connectivity index (χ0) is 20.5. The van der Waals surface area contributed by atoms with Crippen molar-refractivity contribution in [3.05, 3.63) is 54.1 Å². The summed E-state index contributed by atoms with van der Waals surface area (Å²) in [7, 11) is 6.67. The summed E-state index contributed by atoms with van der Waals surface area (Å²) >= 11 is 0. The fraction of sp³-hybridized carbons (Fsp3) is 0.333. The number of hydrogen-bond donors (Lipinski definition) is 1. The number of carbonyl (C=O) groups is 2. The van der Waals surface area contributed by atoms with Crippen LogP contribution < -0.4 is 14.8 Å². The van der Waals surface area contributed by atoms with Crippen LogP contribution in [0.15, 0.2) is 48.5 Å². The van der Waals surface area contributed by atoms with E-state index in [0.29, 0.717) is 12.2 Å². The van der Waals surface area contributed by atoms with E-state index in [-0.39, 0.29) is 24.9 Å². The fourth-order valence-corrected chi connectivity index (χ4v) is 2.70. The van der Waals surface area contributed by atoms with Crippen molar-refractivity contribution in [1.29, 1.82) is 0 Å². The lowest BCUT2D eigenvalue weighted by molar-refractivity contribution is -0.131. The van der Waals surface area contributed by atoms with Crippen LogP contribution in [0.5, 0.6) is 11.5 Å². The monoisotopic (exact) mass is 385 g/mol. The molecule has 2 aromatic rings. The molecule has 28 heavy (non-hydrogen) atoms. The van der Waals surface area contributed by atoms with Gasteiger partial charge < -0.3 is 19.7 Å². The van der Waals surface area contributed by atoms with Gasteiger partial charge >= 0.3 is 0 Å². The number of nitrogens with one attached hydrogen (secondary N) is 1. The third-order valence-electron chi connectivity index (χ3n) is 4.22. The van der Waals surface area contributed by atoms with E-state index in [4.69, 9.17) is 9.47 Å². The smallest absolute Gasteiger partial charge is 0.238 e. The van der Waals surface area contributed by atoms with Gasteiger partial charge in [0.1, 0.15) is 11.5 Å². The summed E-state index contributed by atoms with van der Waals surface area (Å²) in [6, 6.07) is 14.7. The molecule has 2 aromatic carbocycles. The highest BCUT2D eigenvalue weighted by atomic mass is 16.5. The minimum absolute atomic E-state index is 0.0781. The predicted octanol–water partition coefficient (Wildman–Crippen LogP) is 2.23. The molecular formula is C21H27N3O4. The summed E-state index contributed by atoms with van der Waals surface area (Å²) in [5.41, 5.74) is 1.61. The number of ether oxygens (including phenoxy) is 2. The second-order valence-electron chi connectivity index (χ2n) is 6.51. The third-order valence-corrected chi connectivity index (χ3v) is 4.22. The fourth-order valence-electron chi connectivity index (χ4n) is 2.70. The number of para-hydroxylation sites is 1. The molecule has 0 spiro atoms. The topological polar surface area (TPSA) is 71.1 Å². The number of hydrogen-bond acceptors (Lipinski definition) is 5. The minimum Gasteiger partial charge on any atom is -0.497 e. The normalized spacial score (nSPS) is 10.5. The number of anilines is 1. The Hall–Kier alpha value is -3.06. The maximum absolute atomic E-state index is 12.5. The number of nitrogens with zero attached hydrogens (tertiary/aromatic N) is 2. The van der Waals surface area contributed by atoms with Gasteiger partial charge in [-0.1, -0.05) is 18.2 Å². The van der Waals surface area contributed by atoms with Crippen LogP contribution in [-0.4, -0.2) is 63.0 Å². The first-order valence-corrected chi connectivity index (χ1v) is 8.91. The van der Waals surface area contributed by atoms with Gasteiger partial charge in [-0.05, 0) is 37.4 Å². The van der Waals surface area contributed by atoms with Gasteiger partial charge in [0.25, 0.3) is 0 Å². The molecule has 7 heteroatoms. The van der Waals surface area contributed by atoms with Crippen LogP contribution in [0.2, 0.25) is 0 Å². The predicted molar refractivity (Wildman–Crippen MR) is 109 cm³/mol. The van der Waals surface area contributed by atoms with E-state index >= 15 is 0 Å². The molecule has 0 unspecified atom stereocenters. The largest absolute Gasteiger partial charge is 0.497 e. The molecule has 0 saturated heterocycles. The highest BCUT2D eigenvalue weighted by molar-refractivity contribution is 5.92. The molecule has 0 aliphatic rings. The lowest BCUT2D eigenvalue weighted by Crippen LogP contribution is -2.39. The Morgan fingerprint density at radius 2 is 1.61 bits per heavy atom. The average molecular weight is 385 g/mol. The Bertz CT molecular complexity index is 792. The van der Waals surface area contributed by atoms with Gasteiger partial charge in [0.05, 0.1) is 27.3 Å². The van der Waals surface area contributed by atoms with Crippen molar-refractivity contribution < 1.29 is 19.1 Å². The van der Waals surface area contributed by atoms with Gasteiger partial charge in [0.15, 0.2) is 0 Å². The van der Waals surface area contributed by atoms with Crippen LogP contribution in [0.1, 0.15) is 5.56 Å². The number of benzene rings is 2. The lowest BCUT2D eigenvalue weighted by Gasteiger charge is -2.22. The van der Waals surface area contributed by atoms with Gasteiger partial charge in [-0.25, -0.2) is 0 Å². The molecule has 2 amide bonds. The van der Waals surface area contributed by atoms with Gasteiger partial charge in [0, 0.05) is 24.8 Å². The van der Waals surface area contributed by atoms with Crippen LogP contribution in [0.3, 0.4) is 0 Å². The van der Waals surface area contributed by atoms with Crippen molar-refractivity contribution in [2.45, 2.75) is 6.54 Å². The van der Waals surface area contributed by atoms with Crippen molar-refractivity contribution in [3.63, 3.8) is 0 Å². The van der Waals surface area contributed by atoms with Crippen LogP contribution in [-0.2, 0) is 16.1 Å². The molecule has 0 aromatic heterocycles. The number of methoxy groups -OCH3 is 2. The summed E-state index contributed by atoms with van der Waals surface area (Å²) in [6.45, 7) is 0.691. The van der Waals surface area contributed by atoms with Gasteiger partial charge in [-0.3, -0.25) is 14.5 Å². The van der Waals surface area contributed by atoms with Crippen molar-refractivity contribution in [2.75, 3.05) is 46.7 Å². The third kappa shape index (κ3) is 6.28. The second-order valence-corrected chi connectivity index (χ2v) is 6.51. The van der Waals surface area contributed by atoms with E-state index in [2.05, 4.69) is 5.32 Å². The van der Waals surface area contributed by atoms with E-state index in [9.17, 15) is 9.59 Å². The second kappa shape index (κ2) is 10.3. The summed E-state index contributed by atoms with van der Waals surface area (Å²) in [6.07, 6.45) is 0. The first-order valence-electron chi connectivity index (χ1n) is 8.91. The summed E-state index contributed by atoms with van der Waals surface area (Å²) < 4.78 is 10.4. The van der Waals surface area contributed by atoms with Crippen LogP contribution in [0, 0.1) is 0 Å². The number of likely N-dealkylation sites (N-methyl/N-ethyl adjacent to an activating group) is 2. The first-order chi connectivity index (χ1) is 13.4. The number of amides is 2. The summed E-state index contributed by atoms with van der Waals surface area (Å²) in [4.78, 5) is 27.9. The molecule has 0 atom stereocenters. The molecule has 150 valence electrons. The summed E-state index contributed by atoms with van der Waals surface area (Å²) in [5.74, 6) is 1.20. The van der Waals surface area contributed by atoms with E-state index < -0.39 is 0 Å².